The monoisotopic (exact) mass is 287 g/mol. The molecule has 0 aliphatic carbocycles. The molecule has 1 aromatic rings. The number of alkyl halides is 1. The van der Waals surface area contributed by atoms with Gasteiger partial charge in [0.15, 0.2) is 5.78 Å². The molecule has 4 heteroatoms. The molecule has 0 saturated carbocycles. The van der Waals surface area contributed by atoms with Gasteiger partial charge in [-0.1, -0.05) is 41.9 Å². The molecule has 0 bridgehead atoms. The summed E-state index contributed by atoms with van der Waals surface area (Å²) in [6.07, 6.45) is 0.303. The molecule has 0 fully saturated rings. The lowest BCUT2D eigenvalue weighted by Gasteiger charge is -2.13. The summed E-state index contributed by atoms with van der Waals surface area (Å²) in [5, 5.41) is 3.92. The van der Waals surface area contributed by atoms with Gasteiger partial charge in [0.05, 0.1) is 16.4 Å². The molecule has 1 aromatic heterocycles. The van der Waals surface area contributed by atoms with Crippen LogP contribution in [-0.4, -0.2) is 15.3 Å². The maximum Gasteiger partial charge on any atom is 0.155 e. The average Bonchev–Trinajstić information content (AvgIpc) is 2.49. The van der Waals surface area contributed by atoms with E-state index >= 15 is 0 Å². The van der Waals surface area contributed by atoms with Crippen LogP contribution in [0, 0.1) is 0 Å². The van der Waals surface area contributed by atoms with Crippen LogP contribution in [0.25, 0.3) is 0 Å². The molecular formula is C12H18BrNO2. The van der Waals surface area contributed by atoms with Crippen molar-refractivity contribution in [1.82, 2.24) is 5.16 Å². The van der Waals surface area contributed by atoms with Crippen LogP contribution >= 0.6 is 15.9 Å². The number of carbonyl (C=O) groups excluding carboxylic acids is 1. The van der Waals surface area contributed by atoms with Crippen LogP contribution in [-0.2, 0) is 16.6 Å². The zero-order valence-corrected chi connectivity index (χ0v) is 12.0. The second kappa shape index (κ2) is 4.32. The minimum absolute atomic E-state index is 0.0712. The summed E-state index contributed by atoms with van der Waals surface area (Å²) in [5.74, 6) is 0.906. The number of aromatic nitrogens is 1. The highest BCUT2D eigenvalue weighted by Crippen LogP contribution is 2.24. The number of hydrogen-bond donors (Lipinski definition) is 0. The quantitative estimate of drug-likeness (QED) is 0.802. The molecule has 0 aromatic carbocycles. The van der Waals surface area contributed by atoms with Gasteiger partial charge in [0, 0.05) is 11.5 Å². The van der Waals surface area contributed by atoms with Gasteiger partial charge in [0.2, 0.25) is 0 Å². The minimum atomic E-state index is -0.506. The van der Waals surface area contributed by atoms with E-state index in [1.165, 1.54) is 0 Å². The summed E-state index contributed by atoms with van der Waals surface area (Å²) >= 11 is 3.34. The average molecular weight is 288 g/mol. The van der Waals surface area contributed by atoms with Crippen molar-refractivity contribution >= 4 is 21.7 Å². The van der Waals surface area contributed by atoms with Crippen LogP contribution < -0.4 is 0 Å². The fourth-order valence-corrected chi connectivity index (χ4v) is 1.26. The molecule has 0 N–H and O–H groups in total. The molecule has 90 valence electrons. The summed E-state index contributed by atoms with van der Waals surface area (Å²) in [4.78, 5) is 11.8. The van der Waals surface area contributed by atoms with E-state index in [4.69, 9.17) is 4.52 Å². The Hall–Kier alpha value is -0.640. The Kier molecular flexibility index (Phi) is 3.62. The third-order valence-corrected chi connectivity index (χ3v) is 2.75. The normalized spacial score (nSPS) is 12.9. The maximum absolute atomic E-state index is 11.8. The highest BCUT2D eigenvalue weighted by molar-refractivity contribution is 9.10. The van der Waals surface area contributed by atoms with Gasteiger partial charge < -0.3 is 4.52 Å². The number of carbonyl (C=O) groups is 1. The molecular weight excluding hydrogens is 270 g/mol. The molecule has 0 saturated heterocycles. The van der Waals surface area contributed by atoms with E-state index in [-0.39, 0.29) is 11.2 Å². The number of halogens is 1. The van der Waals surface area contributed by atoms with Gasteiger partial charge in [-0.15, -0.1) is 0 Å². The fraction of sp³-hybridized carbons (Fsp3) is 0.667. The Morgan fingerprint density at radius 2 is 1.94 bits per heavy atom. The molecule has 0 radical (unpaired) electrons. The first-order valence-corrected chi connectivity index (χ1v) is 6.08. The molecule has 0 aliphatic rings. The third-order valence-electron chi connectivity index (χ3n) is 2.30. The molecule has 0 amide bonds. The van der Waals surface area contributed by atoms with Crippen molar-refractivity contribution in [3.05, 3.63) is 17.5 Å². The largest absolute Gasteiger partial charge is 0.361 e. The molecule has 16 heavy (non-hydrogen) atoms. The van der Waals surface area contributed by atoms with Crippen molar-refractivity contribution in [3.63, 3.8) is 0 Å². The van der Waals surface area contributed by atoms with E-state index in [0.717, 1.165) is 5.76 Å². The first kappa shape index (κ1) is 13.4. The van der Waals surface area contributed by atoms with Gasteiger partial charge in [-0.3, -0.25) is 4.79 Å². The van der Waals surface area contributed by atoms with E-state index < -0.39 is 4.32 Å². The topological polar surface area (TPSA) is 43.1 Å². The summed E-state index contributed by atoms with van der Waals surface area (Å²) in [7, 11) is 0. The maximum atomic E-state index is 11.8. The molecule has 0 spiro atoms. The standard InChI is InChI=1S/C12H18BrNO2/c1-11(2,3)10-7-8(14-16-10)6-9(15)12(4,5)13/h7H,6H2,1-5H3. The van der Waals surface area contributed by atoms with Gasteiger partial charge in [-0.05, 0) is 13.8 Å². The zero-order valence-electron chi connectivity index (χ0n) is 10.4. The number of nitrogens with zero attached hydrogens (tertiary/aromatic N) is 1. The third kappa shape index (κ3) is 3.44. The van der Waals surface area contributed by atoms with Crippen LogP contribution in [0.4, 0.5) is 0 Å². The molecule has 0 unspecified atom stereocenters. The Labute approximate surface area is 105 Å². The predicted octanol–water partition coefficient (Wildman–Crippen LogP) is 3.26. The smallest absolute Gasteiger partial charge is 0.155 e. The van der Waals surface area contributed by atoms with Crippen LogP contribution in [0.5, 0.6) is 0 Å². The SMILES string of the molecule is CC(C)(Br)C(=O)Cc1cc(C(C)(C)C)on1. The Balaban J connectivity index is 2.78. The van der Waals surface area contributed by atoms with Crippen LogP contribution in [0.15, 0.2) is 10.6 Å². The Bertz CT molecular complexity index is 382. The van der Waals surface area contributed by atoms with Gasteiger partial charge in [-0.25, -0.2) is 0 Å². The zero-order chi connectivity index (χ0) is 12.6. The molecule has 0 aliphatic heterocycles. The molecule has 3 nitrogen and oxygen atoms in total. The number of rotatable bonds is 3. The lowest BCUT2D eigenvalue weighted by atomic mass is 9.93. The van der Waals surface area contributed by atoms with Crippen molar-refractivity contribution < 1.29 is 9.32 Å². The molecule has 1 rings (SSSR count). The van der Waals surface area contributed by atoms with Gasteiger partial charge in [0.1, 0.15) is 5.76 Å². The van der Waals surface area contributed by atoms with Gasteiger partial charge >= 0.3 is 0 Å². The lowest BCUT2D eigenvalue weighted by molar-refractivity contribution is -0.119. The van der Waals surface area contributed by atoms with Crippen LogP contribution in [0.2, 0.25) is 0 Å². The highest BCUT2D eigenvalue weighted by atomic mass is 79.9. The van der Waals surface area contributed by atoms with Crippen molar-refractivity contribution in [2.75, 3.05) is 0 Å². The van der Waals surface area contributed by atoms with E-state index in [9.17, 15) is 4.79 Å². The van der Waals surface area contributed by atoms with Gasteiger partial charge in [0.25, 0.3) is 0 Å². The van der Waals surface area contributed by atoms with E-state index in [2.05, 4.69) is 21.1 Å². The Morgan fingerprint density at radius 1 is 1.38 bits per heavy atom. The van der Waals surface area contributed by atoms with Crippen molar-refractivity contribution in [2.45, 2.75) is 50.8 Å². The minimum Gasteiger partial charge on any atom is -0.361 e. The second-order valence-corrected chi connectivity index (χ2v) is 7.49. The summed E-state index contributed by atoms with van der Waals surface area (Å²) < 4.78 is 4.72. The summed E-state index contributed by atoms with van der Waals surface area (Å²) in [6, 6.07) is 1.86. The molecule has 0 atom stereocenters. The first-order chi connectivity index (χ1) is 7.10. The number of ketones is 1. The van der Waals surface area contributed by atoms with Crippen LogP contribution in [0.1, 0.15) is 46.1 Å². The first-order valence-electron chi connectivity index (χ1n) is 5.29. The Morgan fingerprint density at radius 3 is 2.31 bits per heavy atom. The second-order valence-electron chi connectivity index (χ2n) is 5.50. The van der Waals surface area contributed by atoms with Crippen molar-refractivity contribution in [3.8, 4) is 0 Å². The van der Waals surface area contributed by atoms with Gasteiger partial charge in [-0.2, -0.15) is 0 Å². The van der Waals surface area contributed by atoms with Crippen molar-refractivity contribution in [1.29, 1.82) is 0 Å². The molecule has 1 heterocycles. The van der Waals surface area contributed by atoms with E-state index in [1.807, 2.05) is 40.7 Å². The predicted molar refractivity (Wildman–Crippen MR) is 66.9 cm³/mol. The summed E-state index contributed by atoms with van der Waals surface area (Å²) in [6.45, 7) is 9.81. The fourth-order valence-electron chi connectivity index (χ4n) is 1.12. The van der Waals surface area contributed by atoms with E-state index in [0.29, 0.717) is 12.1 Å². The summed E-state index contributed by atoms with van der Waals surface area (Å²) in [5.41, 5.74) is 0.626. The lowest BCUT2D eigenvalue weighted by Crippen LogP contribution is -2.25. The van der Waals surface area contributed by atoms with Crippen molar-refractivity contribution in [2.24, 2.45) is 0 Å². The number of Topliss-reactive ketones (excluding diaryl/α,β-unsaturated/α-hetero) is 1. The highest BCUT2D eigenvalue weighted by Gasteiger charge is 2.26. The number of hydrogen-bond acceptors (Lipinski definition) is 3. The van der Waals surface area contributed by atoms with E-state index in [1.54, 1.807) is 0 Å². The van der Waals surface area contributed by atoms with Crippen LogP contribution in [0.3, 0.4) is 0 Å².